The highest BCUT2D eigenvalue weighted by Gasteiger charge is 2.34. The van der Waals surface area contributed by atoms with Crippen LogP contribution in [0.5, 0.6) is 0 Å². The molecule has 2 fully saturated rings. The summed E-state index contributed by atoms with van der Waals surface area (Å²) in [5.41, 5.74) is 0. The molecule has 1 saturated heterocycles. The predicted octanol–water partition coefficient (Wildman–Crippen LogP) is 1.06. The van der Waals surface area contributed by atoms with Crippen LogP contribution < -0.4 is 5.32 Å². The number of urea groups is 1. The minimum Gasteiger partial charge on any atom is -0.481 e. The normalized spacial score (nSPS) is 30.6. The van der Waals surface area contributed by atoms with Crippen LogP contribution in [0.4, 0.5) is 4.79 Å². The van der Waals surface area contributed by atoms with E-state index in [4.69, 9.17) is 9.84 Å². The molecule has 1 heterocycles. The van der Waals surface area contributed by atoms with Gasteiger partial charge in [-0.2, -0.15) is 0 Å². The van der Waals surface area contributed by atoms with Gasteiger partial charge >= 0.3 is 12.0 Å². The number of hydrogen-bond donors (Lipinski definition) is 2. The summed E-state index contributed by atoms with van der Waals surface area (Å²) in [5, 5.41) is 11.9. The van der Waals surface area contributed by atoms with E-state index in [1.165, 1.54) is 0 Å². The number of carbonyl (C=O) groups is 2. The zero-order chi connectivity index (χ0) is 13.8. The van der Waals surface area contributed by atoms with E-state index in [1.807, 2.05) is 6.92 Å². The average molecular weight is 270 g/mol. The third-order valence-electron chi connectivity index (χ3n) is 3.97. The standard InChI is InChI=1S/C13H22N2O4/c1-2-19-11-5-3-4-10(11)14-13(18)15-7-6-9(8-15)12(16)17/h9-11H,2-8H2,1H3,(H,14,18)(H,16,17)/t9?,10-,11-/m1/s1. The molecule has 1 aliphatic heterocycles. The summed E-state index contributed by atoms with van der Waals surface area (Å²) < 4.78 is 5.61. The van der Waals surface area contributed by atoms with Gasteiger partial charge in [-0.1, -0.05) is 0 Å². The maximum atomic E-state index is 12.1. The number of hydrogen-bond acceptors (Lipinski definition) is 3. The molecule has 19 heavy (non-hydrogen) atoms. The van der Waals surface area contributed by atoms with Gasteiger partial charge in [0.25, 0.3) is 0 Å². The highest BCUT2D eigenvalue weighted by molar-refractivity contribution is 5.77. The van der Waals surface area contributed by atoms with Crippen LogP contribution >= 0.6 is 0 Å². The van der Waals surface area contributed by atoms with Crippen molar-refractivity contribution < 1.29 is 19.4 Å². The lowest BCUT2D eigenvalue weighted by Crippen LogP contribution is -2.47. The number of nitrogens with zero attached hydrogens (tertiary/aromatic N) is 1. The number of rotatable bonds is 4. The van der Waals surface area contributed by atoms with Gasteiger partial charge < -0.3 is 20.1 Å². The summed E-state index contributed by atoms with van der Waals surface area (Å²) >= 11 is 0. The molecule has 0 bridgehead atoms. The number of nitrogens with one attached hydrogen (secondary N) is 1. The van der Waals surface area contributed by atoms with Crippen LogP contribution in [0.25, 0.3) is 0 Å². The lowest BCUT2D eigenvalue weighted by molar-refractivity contribution is -0.141. The first-order valence-corrected chi connectivity index (χ1v) is 7.01. The molecular formula is C13H22N2O4. The Kier molecular flexibility index (Phi) is 4.63. The molecule has 0 aromatic rings. The van der Waals surface area contributed by atoms with Crippen LogP contribution in [0.2, 0.25) is 0 Å². The Hall–Kier alpha value is -1.30. The van der Waals surface area contributed by atoms with Gasteiger partial charge in [-0.3, -0.25) is 4.79 Å². The number of amides is 2. The summed E-state index contributed by atoms with van der Waals surface area (Å²) in [5.74, 6) is -1.24. The van der Waals surface area contributed by atoms with Gasteiger partial charge in [0, 0.05) is 19.7 Å². The first-order valence-electron chi connectivity index (χ1n) is 7.01. The Balaban J connectivity index is 1.82. The Morgan fingerprint density at radius 2 is 2.16 bits per heavy atom. The molecule has 108 valence electrons. The molecule has 1 saturated carbocycles. The van der Waals surface area contributed by atoms with E-state index >= 15 is 0 Å². The highest BCUT2D eigenvalue weighted by atomic mass is 16.5. The van der Waals surface area contributed by atoms with Crippen molar-refractivity contribution in [3.8, 4) is 0 Å². The van der Waals surface area contributed by atoms with Crippen LogP contribution in [-0.4, -0.2) is 53.8 Å². The molecule has 0 radical (unpaired) electrons. The third kappa shape index (κ3) is 3.37. The minimum absolute atomic E-state index is 0.0660. The average Bonchev–Trinajstić information content (AvgIpc) is 2.99. The van der Waals surface area contributed by atoms with Crippen molar-refractivity contribution in [3.05, 3.63) is 0 Å². The molecule has 0 aromatic carbocycles. The highest BCUT2D eigenvalue weighted by Crippen LogP contribution is 2.23. The SMILES string of the molecule is CCO[C@@H]1CCC[C@H]1NC(=O)N1CCC(C(=O)O)C1. The zero-order valence-corrected chi connectivity index (χ0v) is 11.3. The largest absolute Gasteiger partial charge is 0.481 e. The summed E-state index contributed by atoms with van der Waals surface area (Å²) in [6, 6.07) is -0.0864. The smallest absolute Gasteiger partial charge is 0.317 e. The first kappa shape index (κ1) is 14.1. The van der Waals surface area contributed by atoms with Crippen molar-refractivity contribution in [2.45, 2.75) is 44.8 Å². The maximum Gasteiger partial charge on any atom is 0.317 e. The van der Waals surface area contributed by atoms with E-state index in [-0.39, 0.29) is 18.2 Å². The second kappa shape index (κ2) is 6.23. The molecule has 2 amide bonds. The molecule has 1 unspecified atom stereocenters. The first-order chi connectivity index (χ1) is 9.11. The molecule has 3 atom stereocenters. The number of ether oxygens (including phenoxy) is 1. The van der Waals surface area contributed by atoms with Crippen molar-refractivity contribution in [2.75, 3.05) is 19.7 Å². The van der Waals surface area contributed by atoms with Gasteiger partial charge in [-0.25, -0.2) is 4.79 Å². The van der Waals surface area contributed by atoms with Crippen LogP contribution in [-0.2, 0) is 9.53 Å². The third-order valence-corrected chi connectivity index (χ3v) is 3.97. The lowest BCUT2D eigenvalue weighted by Gasteiger charge is -2.24. The number of carboxylic acids is 1. The van der Waals surface area contributed by atoms with E-state index in [2.05, 4.69) is 5.32 Å². The molecule has 0 spiro atoms. The van der Waals surface area contributed by atoms with Gasteiger partial charge in [0.15, 0.2) is 0 Å². The van der Waals surface area contributed by atoms with Gasteiger partial charge in [0.05, 0.1) is 18.1 Å². The second-order valence-electron chi connectivity index (χ2n) is 5.25. The number of likely N-dealkylation sites (tertiary alicyclic amines) is 1. The molecule has 6 heteroatoms. The molecule has 0 aromatic heterocycles. The predicted molar refractivity (Wildman–Crippen MR) is 68.9 cm³/mol. The van der Waals surface area contributed by atoms with E-state index in [1.54, 1.807) is 4.90 Å². The molecule has 2 rings (SSSR count). The number of carboxylic acid groups (broad SMARTS) is 1. The molecule has 6 nitrogen and oxygen atoms in total. The van der Waals surface area contributed by atoms with E-state index < -0.39 is 11.9 Å². The zero-order valence-electron chi connectivity index (χ0n) is 11.3. The van der Waals surface area contributed by atoms with Crippen LogP contribution in [0.15, 0.2) is 0 Å². The fourth-order valence-corrected chi connectivity index (χ4v) is 2.90. The van der Waals surface area contributed by atoms with Gasteiger partial charge in [0.2, 0.25) is 0 Å². The van der Waals surface area contributed by atoms with Crippen molar-refractivity contribution in [1.82, 2.24) is 10.2 Å². The minimum atomic E-state index is -0.816. The summed E-state index contributed by atoms with van der Waals surface area (Å²) in [6.07, 6.45) is 3.63. The summed E-state index contributed by atoms with van der Waals surface area (Å²) in [6.45, 7) is 3.44. The Morgan fingerprint density at radius 3 is 2.79 bits per heavy atom. The number of aliphatic carboxylic acids is 1. The van der Waals surface area contributed by atoms with Crippen LogP contribution in [0.1, 0.15) is 32.6 Å². The molecule has 1 aliphatic carbocycles. The fraction of sp³-hybridized carbons (Fsp3) is 0.846. The monoisotopic (exact) mass is 270 g/mol. The second-order valence-corrected chi connectivity index (χ2v) is 5.25. The Labute approximate surface area is 113 Å². The van der Waals surface area contributed by atoms with Crippen molar-refractivity contribution >= 4 is 12.0 Å². The topological polar surface area (TPSA) is 78.9 Å². The maximum absolute atomic E-state index is 12.1. The Morgan fingerprint density at radius 1 is 1.37 bits per heavy atom. The summed E-state index contributed by atoms with van der Waals surface area (Å²) in [4.78, 5) is 24.6. The fourth-order valence-electron chi connectivity index (χ4n) is 2.90. The van der Waals surface area contributed by atoms with E-state index in [0.717, 1.165) is 19.3 Å². The van der Waals surface area contributed by atoms with Crippen LogP contribution in [0, 0.1) is 5.92 Å². The van der Waals surface area contributed by atoms with Gasteiger partial charge in [-0.15, -0.1) is 0 Å². The lowest BCUT2D eigenvalue weighted by atomic mass is 10.1. The van der Waals surface area contributed by atoms with Crippen molar-refractivity contribution in [3.63, 3.8) is 0 Å². The van der Waals surface area contributed by atoms with E-state index in [9.17, 15) is 9.59 Å². The molecule has 2 N–H and O–H groups in total. The van der Waals surface area contributed by atoms with Crippen LogP contribution in [0.3, 0.4) is 0 Å². The van der Waals surface area contributed by atoms with Crippen molar-refractivity contribution in [1.29, 1.82) is 0 Å². The molecule has 2 aliphatic rings. The van der Waals surface area contributed by atoms with Gasteiger partial charge in [-0.05, 0) is 32.6 Å². The van der Waals surface area contributed by atoms with E-state index in [0.29, 0.717) is 26.1 Å². The quantitative estimate of drug-likeness (QED) is 0.800. The van der Waals surface area contributed by atoms with Crippen molar-refractivity contribution in [2.24, 2.45) is 5.92 Å². The number of carbonyl (C=O) groups excluding carboxylic acids is 1. The Bertz CT molecular complexity index is 348. The van der Waals surface area contributed by atoms with Gasteiger partial charge in [0.1, 0.15) is 0 Å². The summed E-state index contributed by atoms with van der Waals surface area (Å²) in [7, 11) is 0. The molecular weight excluding hydrogens is 248 g/mol.